The first-order valence-corrected chi connectivity index (χ1v) is 25.9. The highest BCUT2D eigenvalue weighted by atomic mass is 16.6. The maximum Gasteiger partial charge on any atom is 0.329 e. The molecule has 75 heavy (non-hydrogen) atoms. The quantitative estimate of drug-likeness (QED) is 0.0762. The minimum atomic E-state index is -2.05. The van der Waals surface area contributed by atoms with Crippen LogP contribution in [0.2, 0.25) is 0 Å². The Morgan fingerprint density at radius 1 is 0.747 bits per heavy atom. The minimum Gasteiger partial charge on any atom is -0.508 e. The molecule has 0 unspecified atom stereocenters. The Bertz CT molecular complexity index is 3210. The molecule has 1 spiro atoms. The molecule has 6 aromatic rings. The Balaban J connectivity index is 1.18. The molecular formula is C62H60N4O9. The van der Waals surface area contributed by atoms with Gasteiger partial charge in [0.15, 0.2) is 11.5 Å². The van der Waals surface area contributed by atoms with E-state index in [1.807, 2.05) is 115 Å². The van der Waals surface area contributed by atoms with Crippen LogP contribution in [-0.4, -0.2) is 76.2 Å². The molecule has 4 amide bonds. The fourth-order valence-corrected chi connectivity index (χ4v) is 12.6. The van der Waals surface area contributed by atoms with Gasteiger partial charge >= 0.3 is 12.0 Å². The first-order chi connectivity index (χ1) is 36.4. The lowest BCUT2D eigenvalue weighted by molar-refractivity contribution is -0.179. The Morgan fingerprint density at radius 3 is 2.03 bits per heavy atom. The highest BCUT2D eigenvalue weighted by Gasteiger charge is 2.76. The van der Waals surface area contributed by atoms with E-state index in [9.17, 15) is 10.2 Å². The monoisotopic (exact) mass is 1000 g/mol. The maximum absolute atomic E-state index is 17.0. The average molecular weight is 1010 g/mol. The van der Waals surface area contributed by atoms with E-state index >= 15 is 19.2 Å². The number of fused-ring (bicyclic) bond motifs is 4. The number of esters is 1. The molecule has 4 heterocycles. The zero-order valence-corrected chi connectivity index (χ0v) is 42.3. The number of morpholine rings is 1. The van der Waals surface area contributed by atoms with Crippen LogP contribution in [0.5, 0.6) is 17.2 Å². The second-order valence-electron chi connectivity index (χ2n) is 20.5. The van der Waals surface area contributed by atoms with Gasteiger partial charge in [-0.15, -0.1) is 0 Å². The number of aromatic hydroxyl groups is 1. The molecule has 0 aromatic heterocycles. The molecule has 1 saturated carbocycles. The van der Waals surface area contributed by atoms with Crippen LogP contribution in [-0.2, 0) is 37.5 Å². The summed E-state index contributed by atoms with van der Waals surface area (Å²) >= 11 is 0. The van der Waals surface area contributed by atoms with E-state index in [1.165, 1.54) is 12.1 Å². The number of ether oxygens (including phenoxy) is 3. The van der Waals surface area contributed by atoms with Crippen molar-refractivity contribution in [3.63, 3.8) is 0 Å². The summed E-state index contributed by atoms with van der Waals surface area (Å²) in [5.74, 6) is 4.08. The van der Waals surface area contributed by atoms with Gasteiger partial charge in [-0.05, 0) is 120 Å². The number of phenolic OH excluding ortho intramolecular Hbond substituents is 1. The number of methoxy groups -OCH3 is 2. The van der Waals surface area contributed by atoms with Gasteiger partial charge in [-0.25, -0.2) is 9.69 Å². The van der Waals surface area contributed by atoms with Crippen molar-refractivity contribution in [2.24, 2.45) is 5.92 Å². The van der Waals surface area contributed by atoms with Gasteiger partial charge in [-0.2, -0.15) is 0 Å². The predicted molar refractivity (Wildman–Crippen MR) is 282 cm³/mol. The summed E-state index contributed by atoms with van der Waals surface area (Å²) in [7, 11) is 3.13. The first kappa shape index (κ1) is 49.3. The number of imide groups is 1. The number of hydrogen-bond donors (Lipinski definition) is 3. The number of rotatable bonds is 8. The van der Waals surface area contributed by atoms with Crippen LogP contribution >= 0.6 is 0 Å². The van der Waals surface area contributed by atoms with Crippen molar-refractivity contribution >= 4 is 29.5 Å². The summed E-state index contributed by atoms with van der Waals surface area (Å²) in [4.78, 5) is 69.5. The number of anilines is 1. The molecule has 3 N–H and O–H groups in total. The number of carbonyl (C=O) groups is 4. The topological polar surface area (TPSA) is 158 Å². The number of hydrogen-bond acceptors (Lipinski definition) is 10. The van der Waals surface area contributed by atoms with Crippen LogP contribution in [0.4, 0.5) is 10.5 Å². The zero-order chi connectivity index (χ0) is 52.0. The predicted octanol–water partition coefficient (Wildman–Crippen LogP) is 9.57. The number of nitrogens with one attached hydrogen (secondary N) is 1. The van der Waals surface area contributed by atoms with Crippen molar-refractivity contribution in [3.8, 4) is 29.1 Å². The average Bonchev–Trinajstić information content (AvgIpc) is 3.87. The molecule has 7 atom stereocenters. The highest BCUT2D eigenvalue weighted by molar-refractivity contribution is 6.24. The third-order valence-corrected chi connectivity index (χ3v) is 16.2. The number of urea groups is 1. The number of nitrogens with zero attached hydrogens (tertiary/aromatic N) is 3. The van der Waals surface area contributed by atoms with Gasteiger partial charge in [0, 0.05) is 18.7 Å². The van der Waals surface area contributed by atoms with Gasteiger partial charge < -0.3 is 34.6 Å². The largest absolute Gasteiger partial charge is 0.508 e. The standard InChI is InChI=1S/C62H60N4O9/c1-39(41-17-9-6-10-18-41)63-60(71)65-49-28-23-40(29-33-61(72)31-15-4-5-16-32-61)35-48(49)62(59(65)70)52(57(68)64-34-30-45-36-50(73-2)51(74-3)37-46(45)38-64)54-58(69)75-55(43-21-13-8-14-22-43)53(42-19-11-7-12-20-42)66(54)56(62)44-24-26-47(67)27-25-44/h6-14,17-28,35-37,39,52-56,67,72H,4-5,15-16,30-32,34,38H2,1-3H3,(H,63,71)/t39-,52+,53+,54+,55-,56-,62+/m1/s1. The highest BCUT2D eigenvalue weighted by Crippen LogP contribution is 2.66. The zero-order valence-electron chi connectivity index (χ0n) is 42.3. The van der Waals surface area contributed by atoms with E-state index in [0.29, 0.717) is 53.0 Å². The van der Waals surface area contributed by atoms with Gasteiger partial charge in [-0.1, -0.05) is 128 Å². The van der Waals surface area contributed by atoms with Crippen LogP contribution in [0.1, 0.15) is 114 Å². The van der Waals surface area contributed by atoms with E-state index < -0.39 is 71.0 Å². The van der Waals surface area contributed by atoms with Crippen molar-refractivity contribution in [2.45, 2.75) is 99.7 Å². The lowest BCUT2D eigenvalue weighted by Crippen LogP contribution is -2.57. The Hall–Kier alpha value is -7.92. The van der Waals surface area contributed by atoms with E-state index in [1.54, 1.807) is 49.5 Å². The lowest BCUT2D eigenvalue weighted by atomic mass is 9.64. The lowest BCUT2D eigenvalue weighted by Gasteiger charge is -2.46. The molecule has 3 fully saturated rings. The van der Waals surface area contributed by atoms with Gasteiger partial charge in [0.2, 0.25) is 11.8 Å². The molecule has 13 heteroatoms. The van der Waals surface area contributed by atoms with Crippen LogP contribution in [0.3, 0.4) is 0 Å². The second-order valence-corrected chi connectivity index (χ2v) is 20.5. The summed E-state index contributed by atoms with van der Waals surface area (Å²) in [6, 6.07) is 39.4. The SMILES string of the molecule is COc1cc2c(cc1OC)CN(C(=O)[C@@H]1[C@H]3C(=O)O[C@H](c4ccccc4)[C@H](c4ccccc4)N3[C@H](c3ccc(O)cc3)[C@@]13C(=O)N(C(=O)N[C@H](C)c1ccccc1)c1ccc(C#CC4(O)CCCCCC4)cc13)CC2. The molecule has 382 valence electrons. The van der Waals surface area contributed by atoms with Crippen molar-refractivity contribution in [1.82, 2.24) is 15.1 Å². The molecule has 4 aliphatic heterocycles. The maximum atomic E-state index is 17.0. The summed E-state index contributed by atoms with van der Waals surface area (Å²) < 4.78 is 18.1. The second kappa shape index (κ2) is 20.1. The smallest absolute Gasteiger partial charge is 0.329 e. The number of benzene rings is 6. The third-order valence-electron chi connectivity index (χ3n) is 16.2. The van der Waals surface area contributed by atoms with Gasteiger partial charge in [0.25, 0.3) is 0 Å². The van der Waals surface area contributed by atoms with Crippen LogP contribution < -0.4 is 19.7 Å². The van der Waals surface area contributed by atoms with E-state index in [0.717, 1.165) is 52.8 Å². The fourth-order valence-electron chi connectivity index (χ4n) is 12.6. The fraction of sp³-hybridized carbons (Fsp3) is 0.323. The van der Waals surface area contributed by atoms with E-state index in [-0.39, 0.29) is 24.5 Å². The number of amides is 4. The summed E-state index contributed by atoms with van der Waals surface area (Å²) in [6.07, 6.45) is 4.20. The first-order valence-electron chi connectivity index (χ1n) is 25.9. The van der Waals surface area contributed by atoms with Crippen molar-refractivity contribution < 1.29 is 43.6 Å². The summed E-state index contributed by atoms with van der Waals surface area (Å²) in [5.41, 5.74) is 2.27. The normalized spacial score (nSPS) is 24.1. The number of cyclic esters (lactones) is 1. The van der Waals surface area contributed by atoms with Gasteiger partial charge in [-0.3, -0.25) is 19.3 Å². The molecule has 6 aromatic carbocycles. The van der Waals surface area contributed by atoms with Crippen LogP contribution in [0.25, 0.3) is 0 Å². The van der Waals surface area contributed by atoms with Crippen molar-refractivity contribution in [1.29, 1.82) is 0 Å². The number of phenols is 1. The Labute approximate surface area is 437 Å². The van der Waals surface area contributed by atoms with Crippen molar-refractivity contribution in [2.75, 3.05) is 25.7 Å². The Kier molecular flexibility index (Phi) is 13.2. The molecule has 0 bridgehead atoms. The number of aliphatic hydroxyl groups is 1. The molecule has 13 nitrogen and oxygen atoms in total. The Morgan fingerprint density at radius 2 is 1.37 bits per heavy atom. The molecular weight excluding hydrogens is 945 g/mol. The van der Waals surface area contributed by atoms with E-state index in [2.05, 4.69) is 17.2 Å². The molecule has 0 radical (unpaired) electrons. The number of carbonyl (C=O) groups excluding carboxylic acids is 4. The van der Waals surface area contributed by atoms with Crippen molar-refractivity contribution in [3.05, 3.63) is 190 Å². The molecule has 1 aliphatic carbocycles. The molecule has 2 saturated heterocycles. The summed E-state index contributed by atoms with van der Waals surface area (Å²) in [6.45, 7) is 2.19. The van der Waals surface area contributed by atoms with E-state index in [4.69, 9.17) is 14.2 Å². The molecule has 11 rings (SSSR count). The summed E-state index contributed by atoms with van der Waals surface area (Å²) in [5, 5.41) is 25.9. The van der Waals surface area contributed by atoms with Crippen LogP contribution in [0.15, 0.2) is 146 Å². The third kappa shape index (κ3) is 8.65. The van der Waals surface area contributed by atoms with Crippen LogP contribution in [0, 0.1) is 17.8 Å². The minimum absolute atomic E-state index is 0.0307. The van der Waals surface area contributed by atoms with Gasteiger partial charge in [0.1, 0.15) is 28.9 Å². The molecule has 5 aliphatic rings. The van der Waals surface area contributed by atoms with Gasteiger partial charge in [0.05, 0.1) is 44.0 Å².